The van der Waals surface area contributed by atoms with Crippen molar-refractivity contribution in [3.05, 3.63) is 89.0 Å². The second-order valence-corrected chi connectivity index (χ2v) is 8.81. The topological polar surface area (TPSA) is 98.2 Å². The number of fused-ring (bicyclic) bond motifs is 1. The molecule has 36 heavy (non-hydrogen) atoms. The van der Waals surface area contributed by atoms with E-state index in [1.807, 2.05) is 69.3 Å². The van der Waals surface area contributed by atoms with E-state index in [-0.39, 0.29) is 18.6 Å². The van der Waals surface area contributed by atoms with Crippen LogP contribution in [-0.2, 0) is 11.4 Å². The Bertz CT molecular complexity index is 1250. The van der Waals surface area contributed by atoms with Crippen molar-refractivity contribution in [3.63, 3.8) is 0 Å². The largest absolute Gasteiger partial charge is 0.488 e. The molecule has 0 aliphatic carbocycles. The van der Waals surface area contributed by atoms with Gasteiger partial charge in [0, 0.05) is 11.1 Å². The molecule has 0 saturated heterocycles. The molecule has 0 aromatic heterocycles. The minimum Gasteiger partial charge on any atom is -0.488 e. The van der Waals surface area contributed by atoms with Crippen molar-refractivity contribution >= 4 is 18.0 Å². The maximum Gasteiger partial charge on any atom is 0.262 e. The van der Waals surface area contributed by atoms with Gasteiger partial charge in [-0.1, -0.05) is 55.8 Å². The third kappa shape index (κ3) is 6.21. The lowest BCUT2D eigenvalue weighted by molar-refractivity contribution is -0.123. The quantitative estimate of drug-likeness (QED) is 0.348. The zero-order valence-electron chi connectivity index (χ0n) is 20.5. The van der Waals surface area contributed by atoms with Gasteiger partial charge in [-0.25, -0.2) is 5.43 Å². The summed E-state index contributed by atoms with van der Waals surface area (Å²) in [5.41, 5.74) is 5.87. The van der Waals surface area contributed by atoms with Gasteiger partial charge in [0.25, 0.3) is 11.8 Å². The smallest absolute Gasteiger partial charge is 0.262 e. The zero-order chi connectivity index (χ0) is 25.5. The summed E-state index contributed by atoms with van der Waals surface area (Å²) in [6, 6.07) is 19.7. The summed E-state index contributed by atoms with van der Waals surface area (Å²) in [5, 5.41) is 6.89. The molecular formula is C28H29N3O5. The van der Waals surface area contributed by atoms with E-state index in [4.69, 9.17) is 14.2 Å². The molecule has 0 spiro atoms. The van der Waals surface area contributed by atoms with Crippen LogP contribution in [0.5, 0.6) is 17.2 Å². The molecule has 2 amide bonds. The number of aryl methyl sites for hydroxylation is 1. The molecule has 4 rings (SSSR count). The molecule has 2 N–H and O–H groups in total. The van der Waals surface area contributed by atoms with Crippen LogP contribution in [0.4, 0.5) is 0 Å². The van der Waals surface area contributed by atoms with Crippen molar-refractivity contribution in [2.75, 3.05) is 6.79 Å². The number of carbonyl (C=O) groups is 2. The fraction of sp³-hybridized carbons (Fsp3) is 0.250. The first-order valence-corrected chi connectivity index (χ1v) is 11.7. The first-order chi connectivity index (χ1) is 17.4. The fourth-order valence-corrected chi connectivity index (χ4v) is 3.60. The predicted molar refractivity (Wildman–Crippen MR) is 136 cm³/mol. The van der Waals surface area contributed by atoms with Crippen molar-refractivity contribution < 1.29 is 23.8 Å². The van der Waals surface area contributed by atoms with Crippen molar-refractivity contribution in [2.45, 2.75) is 33.4 Å². The Morgan fingerprint density at radius 3 is 2.56 bits per heavy atom. The first-order valence-electron chi connectivity index (χ1n) is 11.7. The summed E-state index contributed by atoms with van der Waals surface area (Å²) in [7, 11) is 0. The molecular weight excluding hydrogens is 458 g/mol. The van der Waals surface area contributed by atoms with Gasteiger partial charge in [0.2, 0.25) is 6.79 Å². The highest BCUT2D eigenvalue weighted by Gasteiger charge is 2.25. The van der Waals surface area contributed by atoms with Gasteiger partial charge in [-0.05, 0) is 48.7 Å². The monoisotopic (exact) mass is 487 g/mol. The normalized spacial score (nSPS) is 13.0. The highest BCUT2D eigenvalue weighted by Crippen LogP contribution is 2.32. The van der Waals surface area contributed by atoms with Crippen LogP contribution in [0.15, 0.2) is 71.8 Å². The molecule has 3 aromatic rings. The Kier molecular flexibility index (Phi) is 7.85. The van der Waals surface area contributed by atoms with E-state index in [9.17, 15) is 9.59 Å². The Balaban J connectivity index is 1.37. The second kappa shape index (κ2) is 11.4. The van der Waals surface area contributed by atoms with Gasteiger partial charge in [0.1, 0.15) is 18.4 Å². The number of benzene rings is 3. The molecule has 8 heteroatoms. The van der Waals surface area contributed by atoms with Crippen LogP contribution in [0.3, 0.4) is 0 Å². The zero-order valence-corrected chi connectivity index (χ0v) is 20.5. The lowest BCUT2D eigenvalue weighted by atomic mass is 10.0. The molecule has 1 heterocycles. The van der Waals surface area contributed by atoms with Crippen LogP contribution in [0.25, 0.3) is 0 Å². The highest BCUT2D eigenvalue weighted by molar-refractivity contribution is 5.98. The lowest BCUT2D eigenvalue weighted by Gasteiger charge is -2.20. The lowest BCUT2D eigenvalue weighted by Crippen LogP contribution is -2.48. The van der Waals surface area contributed by atoms with E-state index in [1.165, 1.54) is 11.8 Å². The van der Waals surface area contributed by atoms with Gasteiger partial charge in [0.05, 0.1) is 6.21 Å². The van der Waals surface area contributed by atoms with Crippen molar-refractivity contribution in [1.29, 1.82) is 0 Å². The maximum absolute atomic E-state index is 12.8. The molecule has 186 valence electrons. The average Bonchev–Trinajstić information content (AvgIpc) is 3.35. The van der Waals surface area contributed by atoms with E-state index >= 15 is 0 Å². The summed E-state index contributed by atoms with van der Waals surface area (Å²) in [5.74, 6) is 0.758. The second-order valence-electron chi connectivity index (χ2n) is 8.81. The number of carbonyl (C=O) groups excluding carboxylic acids is 2. The Morgan fingerprint density at radius 2 is 1.78 bits per heavy atom. The van der Waals surface area contributed by atoms with Gasteiger partial charge in [-0.15, -0.1) is 0 Å². The molecule has 0 radical (unpaired) electrons. The van der Waals surface area contributed by atoms with Gasteiger partial charge in [-0.3, -0.25) is 9.59 Å². The van der Waals surface area contributed by atoms with Gasteiger partial charge in [0.15, 0.2) is 11.5 Å². The summed E-state index contributed by atoms with van der Waals surface area (Å²) in [6.07, 6.45) is 1.53. The summed E-state index contributed by atoms with van der Waals surface area (Å²) >= 11 is 0. The van der Waals surface area contributed by atoms with Crippen LogP contribution in [0.2, 0.25) is 0 Å². The molecule has 0 saturated carbocycles. The van der Waals surface area contributed by atoms with Crippen LogP contribution < -0.4 is 25.0 Å². The Labute approximate surface area is 210 Å². The Morgan fingerprint density at radius 1 is 1.03 bits per heavy atom. The number of ether oxygens (including phenoxy) is 3. The third-order valence-corrected chi connectivity index (χ3v) is 5.68. The van der Waals surface area contributed by atoms with Crippen LogP contribution in [0.1, 0.15) is 40.9 Å². The molecule has 8 nitrogen and oxygen atoms in total. The molecule has 0 bridgehead atoms. The molecule has 1 unspecified atom stereocenters. The molecule has 1 atom stereocenters. The summed E-state index contributed by atoms with van der Waals surface area (Å²) in [6.45, 7) is 6.27. The van der Waals surface area contributed by atoms with Gasteiger partial charge in [-0.2, -0.15) is 5.10 Å². The molecule has 1 aliphatic rings. The fourth-order valence-electron chi connectivity index (χ4n) is 3.60. The predicted octanol–water partition coefficient (Wildman–Crippen LogP) is 4.21. The average molecular weight is 488 g/mol. The number of amides is 2. The van der Waals surface area contributed by atoms with Crippen molar-refractivity contribution in [3.8, 4) is 17.2 Å². The minimum absolute atomic E-state index is 0.121. The number of hydrogen-bond acceptors (Lipinski definition) is 6. The number of nitrogens with one attached hydrogen (secondary N) is 2. The van der Waals surface area contributed by atoms with Crippen molar-refractivity contribution in [1.82, 2.24) is 10.7 Å². The number of para-hydroxylation sites is 1. The maximum atomic E-state index is 12.8. The summed E-state index contributed by atoms with van der Waals surface area (Å²) in [4.78, 5) is 25.6. The minimum atomic E-state index is -0.784. The van der Waals surface area contributed by atoms with Gasteiger partial charge >= 0.3 is 0 Å². The number of nitrogens with zero attached hydrogens (tertiary/aromatic N) is 1. The molecule has 1 aliphatic heterocycles. The van der Waals surface area contributed by atoms with E-state index in [2.05, 4.69) is 15.8 Å². The van der Waals surface area contributed by atoms with Crippen molar-refractivity contribution in [2.24, 2.45) is 11.0 Å². The van der Waals surface area contributed by atoms with Crippen LogP contribution >= 0.6 is 0 Å². The molecule has 0 fully saturated rings. The van der Waals surface area contributed by atoms with E-state index in [0.717, 1.165) is 11.1 Å². The highest BCUT2D eigenvalue weighted by atomic mass is 16.7. The van der Waals surface area contributed by atoms with Crippen LogP contribution in [0, 0.1) is 12.8 Å². The van der Waals surface area contributed by atoms with E-state index < -0.39 is 11.9 Å². The van der Waals surface area contributed by atoms with Crippen LogP contribution in [-0.4, -0.2) is 30.9 Å². The van der Waals surface area contributed by atoms with Gasteiger partial charge < -0.3 is 19.5 Å². The third-order valence-electron chi connectivity index (χ3n) is 5.68. The standard InChI is InChI=1S/C28H29N3O5/c1-18(2)26(30-27(32)21-12-13-24-25(14-21)36-17-35-24)28(33)31-29-15-22-6-4-5-7-23(22)34-16-20-10-8-19(3)9-11-20/h4-15,18,26H,16-17H2,1-3H3,(H,30,32)(H,31,33). The molecule has 3 aromatic carbocycles. The number of hydrogen-bond donors (Lipinski definition) is 2. The summed E-state index contributed by atoms with van der Waals surface area (Å²) < 4.78 is 16.6. The Hall–Kier alpha value is -4.33. The number of hydrazone groups is 1. The number of rotatable bonds is 9. The first kappa shape index (κ1) is 24.8. The SMILES string of the molecule is Cc1ccc(COc2ccccc2C=NNC(=O)C(NC(=O)c2ccc3c(c2)OCO3)C(C)C)cc1. The van der Waals surface area contributed by atoms with E-state index in [0.29, 0.717) is 29.4 Å². The van der Waals surface area contributed by atoms with E-state index in [1.54, 1.807) is 18.2 Å².